The van der Waals surface area contributed by atoms with Crippen molar-refractivity contribution in [2.45, 2.75) is 31.9 Å². The van der Waals surface area contributed by atoms with Gasteiger partial charge in [0.25, 0.3) is 0 Å². The maximum absolute atomic E-state index is 11.7. The number of hydrogen-bond acceptors (Lipinski definition) is 4. The van der Waals surface area contributed by atoms with Crippen molar-refractivity contribution in [2.75, 3.05) is 26.7 Å². The first kappa shape index (κ1) is 12.9. The SMILES string of the molecule is CC(CC#N)N(C)C(=O)COC1(C)CNC1. The van der Waals surface area contributed by atoms with Gasteiger partial charge < -0.3 is 15.0 Å². The number of hydrogen-bond donors (Lipinski definition) is 1. The number of nitrogens with zero attached hydrogens (tertiary/aromatic N) is 2. The average molecular weight is 225 g/mol. The number of likely N-dealkylation sites (N-methyl/N-ethyl adjacent to an activating group) is 1. The minimum atomic E-state index is -0.199. The summed E-state index contributed by atoms with van der Waals surface area (Å²) in [5, 5.41) is 11.7. The Kier molecular flexibility index (Phi) is 4.27. The zero-order chi connectivity index (χ0) is 12.2. The van der Waals surface area contributed by atoms with Crippen LogP contribution >= 0.6 is 0 Å². The van der Waals surface area contributed by atoms with E-state index in [1.807, 2.05) is 13.8 Å². The molecule has 90 valence electrons. The van der Waals surface area contributed by atoms with Crippen LogP contribution in [0.1, 0.15) is 20.3 Å². The second-order valence-corrected chi connectivity index (χ2v) is 4.56. The first-order chi connectivity index (χ1) is 7.48. The maximum Gasteiger partial charge on any atom is 0.248 e. The van der Waals surface area contributed by atoms with Gasteiger partial charge in [0.2, 0.25) is 5.91 Å². The Labute approximate surface area is 96.4 Å². The molecule has 1 N–H and O–H groups in total. The Morgan fingerprint density at radius 2 is 2.31 bits per heavy atom. The quantitative estimate of drug-likeness (QED) is 0.722. The molecule has 0 aromatic rings. The summed E-state index contributed by atoms with van der Waals surface area (Å²) < 4.78 is 5.54. The summed E-state index contributed by atoms with van der Waals surface area (Å²) in [4.78, 5) is 13.3. The van der Waals surface area contributed by atoms with Crippen molar-refractivity contribution in [3.8, 4) is 6.07 Å². The number of ether oxygens (including phenoxy) is 1. The minimum absolute atomic E-state index is 0.0616. The molecule has 1 rings (SSSR count). The normalized spacial score (nSPS) is 19.4. The second-order valence-electron chi connectivity index (χ2n) is 4.56. The molecule has 1 aliphatic rings. The molecule has 1 aliphatic heterocycles. The summed E-state index contributed by atoms with van der Waals surface area (Å²) in [5.41, 5.74) is -0.199. The molecule has 0 bridgehead atoms. The molecule has 1 unspecified atom stereocenters. The number of rotatable bonds is 5. The van der Waals surface area contributed by atoms with E-state index in [0.717, 1.165) is 13.1 Å². The van der Waals surface area contributed by atoms with Gasteiger partial charge in [0.05, 0.1) is 18.1 Å². The largest absolute Gasteiger partial charge is 0.363 e. The van der Waals surface area contributed by atoms with E-state index in [1.54, 1.807) is 11.9 Å². The van der Waals surface area contributed by atoms with Crippen molar-refractivity contribution < 1.29 is 9.53 Å². The van der Waals surface area contributed by atoms with Gasteiger partial charge in [0.15, 0.2) is 0 Å². The molecule has 1 amide bonds. The number of carbonyl (C=O) groups is 1. The third-order valence-corrected chi connectivity index (χ3v) is 2.98. The average Bonchev–Trinajstić information content (AvgIpc) is 2.22. The summed E-state index contributed by atoms with van der Waals surface area (Å²) in [6, 6.07) is 1.99. The van der Waals surface area contributed by atoms with Gasteiger partial charge in [-0.05, 0) is 13.8 Å². The van der Waals surface area contributed by atoms with Gasteiger partial charge in [-0.2, -0.15) is 5.26 Å². The van der Waals surface area contributed by atoms with Crippen LogP contribution in [0.5, 0.6) is 0 Å². The van der Waals surface area contributed by atoms with Gasteiger partial charge >= 0.3 is 0 Å². The lowest BCUT2D eigenvalue weighted by atomic mass is 10.0. The summed E-state index contributed by atoms with van der Waals surface area (Å²) in [6.45, 7) is 5.50. The van der Waals surface area contributed by atoms with Crippen LogP contribution in [-0.2, 0) is 9.53 Å². The molecule has 0 saturated carbocycles. The van der Waals surface area contributed by atoms with Gasteiger partial charge in [-0.25, -0.2) is 0 Å². The molecule has 0 aromatic heterocycles. The van der Waals surface area contributed by atoms with E-state index in [9.17, 15) is 4.79 Å². The van der Waals surface area contributed by atoms with Crippen LogP contribution in [-0.4, -0.2) is 49.2 Å². The molecule has 0 radical (unpaired) electrons. The smallest absolute Gasteiger partial charge is 0.248 e. The van der Waals surface area contributed by atoms with Crippen molar-refractivity contribution in [2.24, 2.45) is 0 Å². The highest BCUT2D eigenvalue weighted by atomic mass is 16.5. The van der Waals surface area contributed by atoms with Gasteiger partial charge in [-0.1, -0.05) is 0 Å². The Hall–Kier alpha value is -1.12. The standard InChI is InChI=1S/C11H19N3O2/c1-9(4-5-12)14(3)10(15)6-16-11(2)7-13-8-11/h9,13H,4,6-8H2,1-3H3. The number of nitrogens with one attached hydrogen (secondary N) is 1. The van der Waals surface area contributed by atoms with Gasteiger partial charge in [0, 0.05) is 26.2 Å². The van der Waals surface area contributed by atoms with Crippen LogP contribution in [0.25, 0.3) is 0 Å². The molecule has 0 spiro atoms. The van der Waals surface area contributed by atoms with Gasteiger partial charge in [-0.15, -0.1) is 0 Å². The molecule has 5 heteroatoms. The lowest BCUT2D eigenvalue weighted by Crippen LogP contribution is -2.59. The monoisotopic (exact) mass is 225 g/mol. The van der Waals surface area contributed by atoms with Gasteiger partial charge in [0.1, 0.15) is 6.61 Å². The molecule has 1 atom stereocenters. The minimum Gasteiger partial charge on any atom is -0.363 e. The maximum atomic E-state index is 11.7. The van der Waals surface area contributed by atoms with E-state index in [0.29, 0.717) is 6.42 Å². The highest BCUT2D eigenvalue weighted by Crippen LogP contribution is 2.15. The van der Waals surface area contributed by atoms with Crippen LogP contribution in [0.4, 0.5) is 0 Å². The fourth-order valence-corrected chi connectivity index (χ4v) is 1.43. The van der Waals surface area contributed by atoms with E-state index in [-0.39, 0.29) is 24.2 Å². The molecule has 1 heterocycles. The molecular formula is C11H19N3O2. The fraction of sp³-hybridized carbons (Fsp3) is 0.818. The van der Waals surface area contributed by atoms with Crippen molar-refractivity contribution in [3.63, 3.8) is 0 Å². The fourth-order valence-electron chi connectivity index (χ4n) is 1.43. The Morgan fingerprint density at radius 1 is 1.69 bits per heavy atom. The first-order valence-corrected chi connectivity index (χ1v) is 5.46. The number of nitriles is 1. The number of amides is 1. The van der Waals surface area contributed by atoms with Crippen LogP contribution in [0.3, 0.4) is 0 Å². The van der Waals surface area contributed by atoms with E-state index < -0.39 is 0 Å². The van der Waals surface area contributed by atoms with Gasteiger partial charge in [-0.3, -0.25) is 4.79 Å². The molecule has 5 nitrogen and oxygen atoms in total. The Balaban J connectivity index is 2.31. The van der Waals surface area contributed by atoms with E-state index in [1.165, 1.54) is 0 Å². The number of carbonyl (C=O) groups excluding carboxylic acids is 1. The summed E-state index contributed by atoms with van der Waals surface area (Å²) >= 11 is 0. The topological polar surface area (TPSA) is 65.4 Å². The molecule has 0 aromatic carbocycles. The van der Waals surface area contributed by atoms with Crippen molar-refractivity contribution in [1.82, 2.24) is 10.2 Å². The van der Waals surface area contributed by atoms with Crippen LogP contribution in [0.15, 0.2) is 0 Å². The summed E-state index contributed by atoms with van der Waals surface area (Å²) in [7, 11) is 1.70. The zero-order valence-electron chi connectivity index (χ0n) is 10.1. The van der Waals surface area contributed by atoms with E-state index in [4.69, 9.17) is 10.00 Å². The van der Waals surface area contributed by atoms with Crippen molar-refractivity contribution in [1.29, 1.82) is 5.26 Å². The molecule has 1 fully saturated rings. The Bertz CT molecular complexity index is 294. The predicted octanol–water partition coefficient (Wildman–Crippen LogP) is 0.125. The lowest BCUT2D eigenvalue weighted by Gasteiger charge is -2.39. The Morgan fingerprint density at radius 3 is 2.75 bits per heavy atom. The van der Waals surface area contributed by atoms with Crippen molar-refractivity contribution in [3.05, 3.63) is 0 Å². The highest BCUT2D eigenvalue weighted by molar-refractivity contribution is 5.77. The highest BCUT2D eigenvalue weighted by Gasteiger charge is 2.33. The predicted molar refractivity (Wildman–Crippen MR) is 59.7 cm³/mol. The molecule has 0 aliphatic carbocycles. The third-order valence-electron chi connectivity index (χ3n) is 2.98. The van der Waals surface area contributed by atoms with Crippen LogP contribution in [0, 0.1) is 11.3 Å². The molecule has 16 heavy (non-hydrogen) atoms. The molecular weight excluding hydrogens is 206 g/mol. The van der Waals surface area contributed by atoms with Crippen LogP contribution < -0.4 is 5.32 Å². The van der Waals surface area contributed by atoms with Crippen molar-refractivity contribution >= 4 is 5.91 Å². The van der Waals surface area contributed by atoms with E-state index >= 15 is 0 Å². The molecule has 1 saturated heterocycles. The third kappa shape index (κ3) is 3.19. The lowest BCUT2D eigenvalue weighted by molar-refractivity contribution is -0.146. The van der Waals surface area contributed by atoms with Crippen LogP contribution in [0.2, 0.25) is 0 Å². The summed E-state index contributed by atoms with van der Waals surface area (Å²) in [6.07, 6.45) is 0.348. The summed E-state index contributed by atoms with van der Waals surface area (Å²) in [5.74, 6) is -0.0733. The second kappa shape index (κ2) is 5.28. The zero-order valence-corrected chi connectivity index (χ0v) is 10.1. The van der Waals surface area contributed by atoms with E-state index in [2.05, 4.69) is 11.4 Å². The first-order valence-electron chi connectivity index (χ1n) is 5.46.